The molecule has 5 nitrogen and oxygen atoms in total. The summed E-state index contributed by atoms with van der Waals surface area (Å²) in [5, 5.41) is 3.21. The number of carbonyl (C=O) groups excluding carboxylic acids is 2. The molecule has 1 aromatic rings. The third-order valence-electron chi connectivity index (χ3n) is 3.63. The summed E-state index contributed by atoms with van der Waals surface area (Å²) in [5.41, 5.74) is 8.87. The topological polar surface area (TPSA) is 70.2 Å². The predicted molar refractivity (Wildman–Crippen MR) is 85.6 cm³/mol. The van der Waals surface area contributed by atoms with Gasteiger partial charge in [0, 0.05) is 22.8 Å². The molecule has 21 heavy (non-hydrogen) atoms. The molecule has 1 saturated heterocycles. The molecule has 1 aliphatic heterocycles. The van der Waals surface area contributed by atoms with Crippen LogP contribution in [0.15, 0.2) is 40.0 Å². The van der Waals surface area contributed by atoms with Crippen LogP contribution >= 0.6 is 15.9 Å². The number of benzene rings is 1. The molecule has 0 aliphatic carbocycles. The number of rotatable bonds is 5. The second-order valence-electron chi connectivity index (χ2n) is 5.07. The average molecular weight is 352 g/mol. The number of aldehydes is 1. The molecule has 6 heteroatoms. The van der Waals surface area contributed by atoms with Gasteiger partial charge in [0.25, 0.3) is 0 Å². The number of allylic oxidation sites excluding steroid dienone is 1. The van der Waals surface area contributed by atoms with Crippen LogP contribution in [-0.2, 0) is 9.59 Å². The van der Waals surface area contributed by atoms with Gasteiger partial charge in [-0.2, -0.15) is 0 Å². The third kappa shape index (κ3) is 3.71. The fourth-order valence-electron chi connectivity index (χ4n) is 2.44. The first kappa shape index (κ1) is 15.7. The first-order chi connectivity index (χ1) is 10.0. The molecule has 2 rings (SSSR count). The molecule has 1 fully saturated rings. The molecule has 1 aliphatic rings. The highest BCUT2D eigenvalue weighted by molar-refractivity contribution is 9.10. The van der Waals surface area contributed by atoms with E-state index in [0.29, 0.717) is 12.8 Å². The fraction of sp³-hybridized carbons (Fsp3) is 0.333. The van der Waals surface area contributed by atoms with E-state index in [0.717, 1.165) is 21.4 Å². The maximum atomic E-state index is 11.8. The van der Waals surface area contributed by atoms with Crippen LogP contribution in [0.2, 0.25) is 0 Å². The van der Waals surface area contributed by atoms with Gasteiger partial charge in [0.05, 0.1) is 11.6 Å². The number of nitrogens with one attached hydrogen (secondary N) is 3. The Morgan fingerprint density at radius 3 is 2.67 bits per heavy atom. The van der Waals surface area contributed by atoms with Gasteiger partial charge in [-0.05, 0) is 43.7 Å². The first-order valence-electron chi connectivity index (χ1n) is 6.72. The van der Waals surface area contributed by atoms with E-state index in [2.05, 4.69) is 32.1 Å². The van der Waals surface area contributed by atoms with Crippen LogP contribution in [0, 0.1) is 5.92 Å². The van der Waals surface area contributed by atoms with Gasteiger partial charge >= 0.3 is 0 Å². The molecule has 0 aromatic heterocycles. The Morgan fingerprint density at radius 2 is 2.05 bits per heavy atom. The summed E-state index contributed by atoms with van der Waals surface area (Å²) in [5.74, 6) is -0.769. The van der Waals surface area contributed by atoms with E-state index in [4.69, 9.17) is 0 Å². The molecule has 0 amide bonds. The summed E-state index contributed by atoms with van der Waals surface area (Å²) >= 11 is 3.38. The highest BCUT2D eigenvalue weighted by atomic mass is 79.9. The lowest BCUT2D eigenvalue weighted by atomic mass is 9.92. The normalized spacial score (nSPS) is 23.6. The van der Waals surface area contributed by atoms with Gasteiger partial charge in [-0.25, -0.2) is 0 Å². The summed E-state index contributed by atoms with van der Waals surface area (Å²) in [6.07, 6.45) is 0.406. The number of hydrogen-bond donors (Lipinski definition) is 3. The monoisotopic (exact) mass is 351 g/mol. The zero-order chi connectivity index (χ0) is 15.4. The van der Waals surface area contributed by atoms with Gasteiger partial charge in [-0.3, -0.25) is 9.59 Å². The maximum absolute atomic E-state index is 11.8. The summed E-state index contributed by atoms with van der Waals surface area (Å²) in [4.78, 5) is 22.5. The fourth-order valence-corrected chi connectivity index (χ4v) is 2.70. The SMILES string of the molecule is CC(NNc1ccc(Br)cc1)=C1CNC(C)C1C(=O)C=O. The zero-order valence-corrected chi connectivity index (χ0v) is 13.5. The van der Waals surface area contributed by atoms with E-state index in [-0.39, 0.29) is 17.7 Å². The van der Waals surface area contributed by atoms with E-state index < -0.39 is 0 Å². The first-order valence-corrected chi connectivity index (χ1v) is 7.52. The van der Waals surface area contributed by atoms with E-state index in [1.54, 1.807) is 0 Å². The Bertz CT molecular complexity index is 569. The van der Waals surface area contributed by atoms with Gasteiger partial charge in [0.1, 0.15) is 0 Å². The second-order valence-corrected chi connectivity index (χ2v) is 5.99. The van der Waals surface area contributed by atoms with E-state index in [1.165, 1.54) is 0 Å². The molecular formula is C15H18BrN3O2. The van der Waals surface area contributed by atoms with Crippen molar-refractivity contribution in [3.8, 4) is 0 Å². The van der Waals surface area contributed by atoms with Crippen molar-refractivity contribution >= 4 is 33.7 Å². The van der Waals surface area contributed by atoms with Crippen LogP contribution in [0.5, 0.6) is 0 Å². The molecule has 2 unspecified atom stereocenters. The smallest absolute Gasteiger partial charge is 0.203 e. The molecule has 0 bridgehead atoms. The van der Waals surface area contributed by atoms with Crippen molar-refractivity contribution in [2.24, 2.45) is 5.92 Å². The van der Waals surface area contributed by atoms with E-state index >= 15 is 0 Å². The third-order valence-corrected chi connectivity index (χ3v) is 4.16. The summed E-state index contributed by atoms with van der Waals surface area (Å²) in [6, 6.07) is 7.70. The van der Waals surface area contributed by atoms with Gasteiger partial charge in [-0.15, -0.1) is 0 Å². The number of ketones is 1. The van der Waals surface area contributed by atoms with Crippen LogP contribution in [0.1, 0.15) is 13.8 Å². The Hall–Kier alpha value is -1.66. The molecule has 2 atom stereocenters. The molecule has 3 N–H and O–H groups in total. The predicted octanol–water partition coefficient (Wildman–Crippen LogP) is 2.02. The maximum Gasteiger partial charge on any atom is 0.203 e. The molecular weight excluding hydrogens is 334 g/mol. The van der Waals surface area contributed by atoms with Crippen LogP contribution in [0.25, 0.3) is 0 Å². The number of carbonyl (C=O) groups is 2. The molecule has 0 spiro atoms. The van der Waals surface area contributed by atoms with Crippen molar-refractivity contribution in [2.45, 2.75) is 19.9 Å². The minimum atomic E-state index is -0.387. The quantitative estimate of drug-likeness (QED) is 0.430. The lowest BCUT2D eigenvalue weighted by Crippen LogP contribution is -2.30. The number of hydrogen-bond acceptors (Lipinski definition) is 5. The number of Topliss-reactive ketones (excluding diaryl/α,β-unsaturated/α-hetero) is 1. The summed E-state index contributed by atoms with van der Waals surface area (Å²) < 4.78 is 1.01. The van der Waals surface area contributed by atoms with Gasteiger partial charge < -0.3 is 16.2 Å². The minimum Gasteiger partial charge on any atom is -0.309 e. The van der Waals surface area contributed by atoms with Gasteiger partial charge in [-0.1, -0.05) is 15.9 Å². The van der Waals surface area contributed by atoms with Crippen molar-refractivity contribution in [1.82, 2.24) is 10.7 Å². The molecule has 0 radical (unpaired) electrons. The number of anilines is 1. The summed E-state index contributed by atoms with van der Waals surface area (Å²) in [6.45, 7) is 4.41. The van der Waals surface area contributed by atoms with Gasteiger partial charge in [0.2, 0.25) is 5.78 Å². The van der Waals surface area contributed by atoms with Crippen molar-refractivity contribution < 1.29 is 9.59 Å². The van der Waals surface area contributed by atoms with Crippen molar-refractivity contribution in [3.05, 3.63) is 40.0 Å². The molecule has 0 saturated carbocycles. The Morgan fingerprint density at radius 1 is 1.38 bits per heavy atom. The molecule has 1 heterocycles. The van der Waals surface area contributed by atoms with Crippen LogP contribution in [0.3, 0.4) is 0 Å². The Balaban J connectivity index is 2.09. The standard InChI is InChI=1S/C15H18BrN3O2/c1-9(18-19-12-5-3-11(16)4-6-12)13-7-17-10(2)15(13)14(21)8-20/h3-6,8,10,15,17-19H,7H2,1-2H3. The lowest BCUT2D eigenvalue weighted by molar-refractivity contribution is -0.131. The largest absolute Gasteiger partial charge is 0.309 e. The van der Waals surface area contributed by atoms with Crippen LogP contribution < -0.4 is 16.2 Å². The van der Waals surface area contributed by atoms with Crippen LogP contribution in [-0.4, -0.2) is 24.7 Å². The highest BCUT2D eigenvalue weighted by Gasteiger charge is 2.34. The van der Waals surface area contributed by atoms with Gasteiger partial charge in [0.15, 0.2) is 6.29 Å². The zero-order valence-electron chi connectivity index (χ0n) is 11.9. The number of halogens is 1. The average Bonchev–Trinajstić information content (AvgIpc) is 2.87. The second kappa shape index (κ2) is 6.87. The van der Waals surface area contributed by atoms with E-state index in [1.807, 2.05) is 38.1 Å². The number of hydrazine groups is 1. The Kier molecular flexibility index (Phi) is 5.14. The Labute approximate surface area is 132 Å². The van der Waals surface area contributed by atoms with Crippen molar-refractivity contribution in [3.63, 3.8) is 0 Å². The van der Waals surface area contributed by atoms with E-state index in [9.17, 15) is 9.59 Å². The molecule has 1 aromatic carbocycles. The highest BCUT2D eigenvalue weighted by Crippen LogP contribution is 2.24. The van der Waals surface area contributed by atoms with Crippen LogP contribution in [0.4, 0.5) is 5.69 Å². The van der Waals surface area contributed by atoms with Crippen molar-refractivity contribution in [1.29, 1.82) is 0 Å². The molecule has 112 valence electrons. The summed E-state index contributed by atoms with van der Waals surface area (Å²) in [7, 11) is 0. The van der Waals surface area contributed by atoms with Crippen molar-refractivity contribution in [2.75, 3.05) is 12.0 Å². The minimum absolute atomic E-state index is 0.0258. The lowest BCUT2D eigenvalue weighted by Gasteiger charge is -2.17.